The molecular weight excluding hydrogens is 278 g/mol. The van der Waals surface area contributed by atoms with E-state index in [2.05, 4.69) is 0 Å². The highest BCUT2D eigenvalue weighted by molar-refractivity contribution is 5.91. The molecular formula is C14H11NO6. The predicted octanol–water partition coefficient (Wildman–Crippen LogP) is 3.09. The van der Waals surface area contributed by atoms with E-state index >= 15 is 0 Å². The molecule has 0 aliphatic carbocycles. The molecule has 0 aliphatic heterocycles. The standard InChI is InChI=1S/C14H11NO6/c1-20-9-6-7-11(15(18)19)13(8-9)21-12-5-3-2-4-10(12)14(16)17/h2-8H,1H3,(H,16,17). The molecule has 0 fully saturated rings. The van der Waals surface area contributed by atoms with E-state index in [0.29, 0.717) is 5.75 Å². The summed E-state index contributed by atoms with van der Waals surface area (Å²) in [4.78, 5) is 21.5. The van der Waals surface area contributed by atoms with Crippen molar-refractivity contribution < 1.29 is 24.3 Å². The van der Waals surface area contributed by atoms with Crippen molar-refractivity contribution in [1.29, 1.82) is 0 Å². The van der Waals surface area contributed by atoms with Crippen molar-refractivity contribution >= 4 is 11.7 Å². The summed E-state index contributed by atoms with van der Waals surface area (Å²) in [5.41, 5.74) is -0.370. The first-order valence-corrected chi connectivity index (χ1v) is 5.85. The first-order valence-electron chi connectivity index (χ1n) is 5.85. The highest BCUT2D eigenvalue weighted by Gasteiger charge is 2.19. The fraction of sp³-hybridized carbons (Fsp3) is 0.0714. The summed E-state index contributed by atoms with van der Waals surface area (Å²) in [5, 5.41) is 20.1. The molecule has 7 nitrogen and oxygen atoms in total. The van der Waals surface area contributed by atoms with Crippen LogP contribution in [0.3, 0.4) is 0 Å². The Morgan fingerprint density at radius 3 is 2.52 bits per heavy atom. The Labute approximate surface area is 119 Å². The Morgan fingerprint density at radius 1 is 1.19 bits per heavy atom. The van der Waals surface area contributed by atoms with Crippen LogP contribution in [0.15, 0.2) is 42.5 Å². The number of para-hydroxylation sites is 1. The molecule has 0 saturated heterocycles. The third kappa shape index (κ3) is 3.08. The fourth-order valence-electron chi connectivity index (χ4n) is 1.70. The molecule has 0 radical (unpaired) electrons. The van der Waals surface area contributed by atoms with E-state index < -0.39 is 10.9 Å². The minimum atomic E-state index is -1.18. The van der Waals surface area contributed by atoms with E-state index in [1.165, 1.54) is 43.5 Å². The van der Waals surface area contributed by atoms with Gasteiger partial charge in [0.25, 0.3) is 0 Å². The van der Waals surface area contributed by atoms with Gasteiger partial charge < -0.3 is 14.6 Å². The number of hydrogen-bond donors (Lipinski definition) is 1. The number of nitro groups is 1. The van der Waals surface area contributed by atoms with Gasteiger partial charge in [0.1, 0.15) is 17.1 Å². The van der Waals surface area contributed by atoms with Crippen molar-refractivity contribution in [3.63, 3.8) is 0 Å². The van der Waals surface area contributed by atoms with Crippen molar-refractivity contribution in [1.82, 2.24) is 0 Å². The quantitative estimate of drug-likeness (QED) is 0.670. The molecule has 2 aromatic rings. The van der Waals surface area contributed by atoms with Crippen LogP contribution in [0.2, 0.25) is 0 Å². The molecule has 0 spiro atoms. The maximum Gasteiger partial charge on any atom is 0.339 e. The molecule has 21 heavy (non-hydrogen) atoms. The smallest absolute Gasteiger partial charge is 0.339 e. The molecule has 0 saturated carbocycles. The van der Waals surface area contributed by atoms with Crippen molar-refractivity contribution in [2.75, 3.05) is 7.11 Å². The SMILES string of the molecule is COc1ccc([N+](=O)[O-])c(Oc2ccccc2C(=O)O)c1. The highest BCUT2D eigenvalue weighted by atomic mass is 16.6. The molecule has 0 unspecified atom stereocenters. The fourth-order valence-corrected chi connectivity index (χ4v) is 1.70. The number of carboxylic acid groups (broad SMARTS) is 1. The van der Waals surface area contributed by atoms with Gasteiger partial charge in [-0.15, -0.1) is 0 Å². The van der Waals surface area contributed by atoms with Crippen LogP contribution in [0.1, 0.15) is 10.4 Å². The Morgan fingerprint density at radius 2 is 1.90 bits per heavy atom. The van der Waals surface area contributed by atoms with Crippen LogP contribution in [0.4, 0.5) is 5.69 Å². The number of benzene rings is 2. The summed E-state index contributed by atoms with van der Waals surface area (Å²) in [5.74, 6) is -0.894. The Balaban J connectivity index is 2.48. The summed E-state index contributed by atoms with van der Waals surface area (Å²) in [6.07, 6.45) is 0. The number of aromatic carboxylic acids is 1. The maximum absolute atomic E-state index is 11.1. The van der Waals surface area contributed by atoms with E-state index in [1.54, 1.807) is 6.07 Å². The second kappa shape index (κ2) is 5.91. The van der Waals surface area contributed by atoms with Gasteiger partial charge in [0.15, 0.2) is 0 Å². The molecule has 2 rings (SSSR count). The minimum Gasteiger partial charge on any atom is -0.497 e. The lowest BCUT2D eigenvalue weighted by Gasteiger charge is -2.10. The number of rotatable bonds is 5. The van der Waals surface area contributed by atoms with Gasteiger partial charge in [-0.1, -0.05) is 12.1 Å². The third-order valence-corrected chi connectivity index (χ3v) is 2.70. The zero-order chi connectivity index (χ0) is 15.4. The molecule has 0 aromatic heterocycles. The van der Waals surface area contributed by atoms with Gasteiger partial charge in [0, 0.05) is 12.1 Å². The topological polar surface area (TPSA) is 98.9 Å². The van der Waals surface area contributed by atoms with E-state index in [9.17, 15) is 14.9 Å². The molecule has 108 valence electrons. The predicted molar refractivity (Wildman–Crippen MR) is 73.1 cm³/mol. The highest BCUT2D eigenvalue weighted by Crippen LogP contribution is 2.35. The van der Waals surface area contributed by atoms with Crippen LogP contribution in [0, 0.1) is 10.1 Å². The average Bonchev–Trinajstić information content (AvgIpc) is 2.47. The normalized spacial score (nSPS) is 9.95. The third-order valence-electron chi connectivity index (χ3n) is 2.70. The minimum absolute atomic E-state index is 0.0151. The second-order valence-electron chi connectivity index (χ2n) is 3.99. The number of methoxy groups -OCH3 is 1. The van der Waals surface area contributed by atoms with Crippen LogP contribution in [0.25, 0.3) is 0 Å². The van der Waals surface area contributed by atoms with Crippen LogP contribution in [-0.2, 0) is 0 Å². The maximum atomic E-state index is 11.1. The largest absolute Gasteiger partial charge is 0.497 e. The van der Waals surface area contributed by atoms with Crippen molar-refractivity contribution in [2.24, 2.45) is 0 Å². The van der Waals surface area contributed by atoms with Gasteiger partial charge >= 0.3 is 11.7 Å². The van der Waals surface area contributed by atoms with E-state index in [-0.39, 0.29) is 22.7 Å². The van der Waals surface area contributed by atoms with Gasteiger partial charge in [-0.05, 0) is 18.2 Å². The van der Waals surface area contributed by atoms with Gasteiger partial charge in [-0.3, -0.25) is 10.1 Å². The molecule has 0 atom stereocenters. The number of ether oxygens (including phenoxy) is 2. The lowest BCUT2D eigenvalue weighted by molar-refractivity contribution is -0.385. The van der Waals surface area contributed by atoms with Gasteiger partial charge in [-0.2, -0.15) is 0 Å². The second-order valence-corrected chi connectivity index (χ2v) is 3.99. The van der Waals surface area contributed by atoms with E-state index in [0.717, 1.165) is 0 Å². The van der Waals surface area contributed by atoms with Gasteiger partial charge in [-0.25, -0.2) is 4.79 Å². The summed E-state index contributed by atoms with van der Waals surface area (Å²) in [6.45, 7) is 0. The molecule has 0 bridgehead atoms. The van der Waals surface area contributed by atoms with Crippen molar-refractivity contribution in [3.05, 3.63) is 58.1 Å². The zero-order valence-corrected chi connectivity index (χ0v) is 11.0. The zero-order valence-electron chi connectivity index (χ0n) is 11.0. The molecule has 0 heterocycles. The van der Waals surface area contributed by atoms with E-state index in [4.69, 9.17) is 14.6 Å². The van der Waals surface area contributed by atoms with Gasteiger partial charge in [0.2, 0.25) is 5.75 Å². The van der Waals surface area contributed by atoms with E-state index in [1.807, 2.05) is 0 Å². The van der Waals surface area contributed by atoms with Crippen LogP contribution in [-0.4, -0.2) is 23.1 Å². The van der Waals surface area contributed by atoms with Crippen molar-refractivity contribution in [3.8, 4) is 17.2 Å². The Bertz CT molecular complexity index is 698. The first kappa shape index (κ1) is 14.3. The Kier molecular flexibility index (Phi) is 4.03. The van der Waals surface area contributed by atoms with Crippen molar-refractivity contribution in [2.45, 2.75) is 0 Å². The van der Waals surface area contributed by atoms with Crippen LogP contribution in [0.5, 0.6) is 17.2 Å². The molecule has 0 aliphatic rings. The first-order chi connectivity index (χ1) is 10.0. The summed E-state index contributed by atoms with van der Waals surface area (Å²) >= 11 is 0. The number of nitrogens with zero attached hydrogens (tertiary/aromatic N) is 1. The van der Waals surface area contributed by atoms with Crippen LogP contribution >= 0.6 is 0 Å². The summed E-state index contributed by atoms with van der Waals surface area (Å²) < 4.78 is 10.4. The number of carboxylic acids is 1. The van der Waals surface area contributed by atoms with Crippen LogP contribution < -0.4 is 9.47 Å². The molecule has 1 N–H and O–H groups in total. The monoisotopic (exact) mass is 289 g/mol. The Hall–Kier alpha value is -3.09. The molecule has 7 heteroatoms. The number of hydrogen-bond acceptors (Lipinski definition) is 5. The molecule has 0 amide bonds. The summed E-state index contributed by atoms with van der Waals surface area (Å²) in [7, 11) is 1.41. The number of carbonyl (C=O) groups is 1. The van der Waals surface area contributed by atoms with Gasteiger partial charge in [0.05, 0.1) is 12.0 Å². The lowest BCUT2D eigenvalue weighted by Crippen LogP contribution is -2.01. The average molecular weight is 289 g/mol. The number of nitro benzene ring substituents is 1. The lowest BCUT2D eigenvalue weighted by atomic mass is 10.2. The molecule has 2 aromatic carbocycles. The summed E-state index contributed by atoms with van der Waals surface area (Å²) in [6, 6.07) is 9.88.